The number of hydrogen-bond donors (Lipinski definition) is 4. The predicted octanol–water partition coefficient (Wildman–Crippen LogP) is 0.159. The summed E-state index contributed by atoms with van der Waals surface area (Å²) in [5, 5.41) is 6.43. The minimum Gasteiger partial charge on any atom is -0.307 e. The van der Waals surface area contributed by atoms with E-state index in [1.54, 1.807) is 0 Å². The molecule has 0 atom stereocenters. The summed E-state index contributed by atoms with van der Waals surface area (Å²) in [7, 11) is -3.70. The van der Waals surface area contributed by atoms with Gasteiger partial charge in [-0.25, -0.2) is 29.0 Å². The molecule has 0 fully saturated rings. The highest BCUT2D eigenvalue weighted by Crippen LogP contribution is 2.21. The van der Waals surface area contributed by atoms with Crippen molar-refractivity contribution in [2.45, 2.75) is 17.7 Å². The lowest BCUT2D eigenvalue weighted by atomic mass is 10.3. The van der Waals surface area contributed by atoms with Gasteiger partial charge in [-0.15, -0.1) is 0 Å². The summed E-state index contributed by atoms with van der Waals surface area (Å²) in [4.78, 5) is 7.85. The second kappa shape index (κ2) is 6.93. The third kappa shape index (κ3) is 4.20. The number of halogens is 1. The quantitative estimate of drug-likeness (QED) is 0.307. The Morgan fingerprint density at radius 2 is 2.19 bits per heavy atom. The van der Waals surface area contributed by atoms with Crippen molar-refractivity contribution < 1.29 is 8.42 Å². The normalized spacial score (nSPS) is 11.5. The molecule has 2 rings (SSSR count). The molecule has 21 heavy (non-hydrogen) atoms. The molecule has 9 nitrogen and oxygen atoms in total. The van der Waals surface area contributed by atoms with Crippen LogP contribution in [0.25, 0.3) is 0 Å². The van der Waals surface area contributed by atoms with Crippen LogP contribution in [-0.4, -0.2) is 35.1 Å². The van der Waals surface area contributed by atoms with Crippen LogP contribution in [0.15, 0.2) is 28.0 Å². The van der Waals surface area contributed by atoms with Crippen LogP contribution in [0.3, 0.4) is 0 Å². The number of aromatic amines is 1. The highest BCUT2D eigenvalue weighted by molar-refractivity contribution is 9.10. The van der Waals surface area contributed by atoms with E-state index in [9.17, 15) is 8.42 Å². The van der Waals surface area contributed by atoms with Crippen LogP contribution < -0.4 is 16.0 Å². The van der Waals surface area contributed by atoms with Crippen molar-refractivity contribution in [2.75, 3.05) is 12.0 Å². The fourth-order valence-corrected chi connectivity index (χ4v) is 3.32. The monoisotopic (exact) mass is 375 g/mol. The molecule has 5 N–H and O–H groups in total. The molecule has 0 unspecified atom stereocenters. The number of aromatic nitrogens is 4. The largest absolute Gasteiger partial charge is 0.307 e. The number of aryl methyl sites for hydroxylation is 1. The number of anilines is 1. The van der Waals surface area contributed by atoms with E-state index < -0.39 is 10.0 Å². The van der Waals surface area contributed by atoms with Crippen LogP contribution in [0.4, 0.5) is 5.82 Å². The fraction of sp³-hybridized carbons (Fsp3) is 0.300. The van der Waals surface area contributed by atoms with Crippen molar-refractivity contribution in [1.82, 2.24) is 24.9 Å². The van der Waals surface area contributed by atoms with E-state index in [4.69, 9.17) is 5.84 Å². The molecular weight excluding hydrogens is 362 g/mol. The summed E-state index contributed by atoms with van der Waals surface area (Å²) >= 11 is 3.18. The van der Waals surface area contributed by atoms with Gasteiger partial charge in [0, 0.05) is 23.6 Å². The number of hydrogen-bond acceptors (Lipinski definition) is 7. The zero-order valence-electron chi connectivity index (χ0n) is 10.9. The third-order valence-corrected chi connectivity index (χ3v) is 4.50. The molecule has 11 heteroatoms. The van der Waals surface area contributed by atoms with Crippen LogP contribution in [0.2, 0.25) is 0 Å². The molecule has 0 saturated heterocycles. The van der Waals surface area contributed by atoms with E-state index >= 15 is 0 Å². The summed E-state index contributed by atoms with van der Waals surface area (Å²) < 4.78 is 27.5. The first-order valence-corrected chi connectivity index (χ1v) is 8.26. The number of nitrogens with zero attached hydrogens (tertiary/aromatic N) is 3. The lowest BCUT2D eigenvalue weighted by molar-refractivity contribution is 0.578. The van der Waals surface area contributed by atoms with E-state index in [0.717, 1.165) is 0 Å². The summed E-state index contributed by atoms with van der Waals surface area (Å²) in [6.45, 7) is 0.263. The Labute approximate surface area is 129 Å². The van der Waals surface area contributed by atoms with Crippen molar-refractivity contribution in [1.29, 1.82) is 0 Å². The van der Waals surface area contributed by atoms with Gasteiger partial charge >= 0.3 is 0 Å². The minimum absolute atomic E-state index is 0.0148. The van der Waals surface area contributed by atoms with Gasteiger partial charge in [0.15, 0.2) is 5.82 Å². The maximum atomic E-state index is 12.2. The first kappa shape index (κ1) is 15.8. The second-order valence-corrected chi connectivity index (χ2v) is 6.73. The molecule has 0 aliphatic heterocycles. The highest BCUT2D eigenvalue weighted by Gasteiger charge is 2.19. The van der Waals surface area contributed by atoms with Gasteiger partial charge in [0.25, 0.3) is 0 Å². The van der Waals surface area contributed by atoms with Crippen LogP contribution in [0.5, 0.6) is 0 Å². The van der Waals surface area contributed by atoms with E-state index in [0.29, 0.717) is 23.1 Å². The average molecular weight is 376 g/mol. The number of nitrogen functional groups attached to an aromatic ring is 1. The molecule has 114 valence electrons. The van der Waals surface area contributed by atoms with Crippen LogP contribution in [0, 0.1) is 0 Å². The number of pyridine rings is 1. The van der Waals surface area contributed by atoms with Gasteiger partial charge in [0.05, 0.1) is 0 Å². The molecule has 0 aliphatic rings. The molecule has 0 radical (unpaired) electrons. The van der Waals surface area contributed by atoms with Crippen molar-refractivity contribution >= 4 is 31.8 Å². The average Bonchev–Trinajstić information content (AvgIpc) is 2.97. The van der Waals surface area contributed by atoms with Crippen LogP contribution in [0.1, 0.15) is 12.2 Å². The SMILES string of the molecule is NNc1ncc(Br)cc1S(=O)(=O)NCCCc1ncn[nH]1. The van der Waals surface area contributed by atoms with Crippen molar-refractivity contribution in [3.63, 3.8) is 0 Å². The Bertz CT molecular complexity index is 689. The zero-order chi connectivity index (χ0) is 15.3. The molecular formula is C10H14BrN7O2S. The van der Waals surface area contributed by atoms with E-state index in [2.05, 4.69) is 46.2 Å². The van der Waals surface area contributed by atoms with Gasteiger partial charge in [-0.05, 0) is 28.4 Å². The smallest absolute Gasteiger partial charge is 0.244 e. The standard InChI is InChI=1S/C10H14BrN7O2S/c11-7-4-8(10(17-12)13-5-7)21(19,20)16-3-1-2-9-14-6-15-18-9/h4-6,16H,1-3,12H2,(H,13,17)(H,14,15,18). The van der Waals surface area contributed by atoms with Gasteiger partial charge in [0.1, 0.15) is 17.0 Å². The Kier molecular flexibility index (Phi) is 5.22. The highest BCUT2D eigenvalue weighted by atomic mass is 79.9. The topological polar surface area (TPSA) is 139 Å². The first-order chi connectivity index (χ1) is 10.0. The second-order valence-electron chi connectivity index (χ2n) is 4.08. The molecule has 0 spiro atoms. The molecule has 0 aromatic carbocycles. The number of sulfonamides is 1. The molecule has 2 aromatic rings. The van der Waals surface area contributed by atoms with Gasteiger partial charge in [-0.1, -0.05) is 0 Å². The van der Waals surface area contributed by atoms with Gasteiger partial charge in [-0.3, -0.25) is 5.10 Å². The zero-order valence-corrected chi connectivity index (χ0v) is 13.3. The van der Waals surface area contributed by atoms with Gasteiger partial charge in [-0.2, -0.15) is 5.10 Å². The molecule has 2 aromatic heterocycles. The third-order valence-electron chi connectivity index (χ3n) is 2.59. The molecule has 0 aliphatic carbocycles. The first-order valence-electron chi connectivity index (χ1n) is 5.99. The minimum atomic E-state index is -3.70. The van der Waals surface area contributed by atoms with Crippen LogP contribution >= 0.6 is 15.9 Å². The molecule has 0 saturated carbocycles. The summed E-state index contributed by atoms with van der Waals surface area (Å²) in [5.74, 6) is 6.07. The lowest BCUT2D eigenvalue weighted by Gasteiger charge is -2.10. The number of nitrogens with one attached hydrogen (secondary N) is 3. The number of nitrogens with two attached hydrogens (primary N) is 1. The van der Waals surface area contributed by atoms with E-state index in [1.807, 2.05) is 0 Å². The maximum absolute atomic E-state index is 12.2. The summed E-state index contributed by atoms with van der Waals surface area (Å²) in [6.07, 6.45) is 4.05. The predicted molar refractivity (Wildman–Crippen MR) is 79.6 cm³/mol. The van der Waals surface area contributed by atoms with Gasteiger partial charge < -0.3 is 5.43 Å². The number of hydrazine groups is 1. The van der Waals surface area contributed by atoms with Crippen molar-refractivity contribution in [3.05, 3.63) is 28.9 Å². The van der Waals surface area contributed by atoms with Crippen molar-refractivity contribution in [2.24, 2.45) is 5.84 Å². The number of rotatable bonds is 7. The molecule has 0 bridgehead atoms. The van der Waals surface area contributed by atoms with Crippen LogP contribution in [-0.2, 0) is 16.4 Å². The van der Waals surface area contributed by atoms with E-state index in [-0.39, 0.29) is 17.3 Å². The van der Waals surface area contributed by atoms with Crippen molar-refractivity contribution in [3.8, 4) is 0 Å². The fourth-order valence-electron chi connectivity index (χ4n) is 1.63. The van der Waals surface area contributed by atoms with E-state index in [1.165, 1.54) is 18.6 Å². The Hall–Kier alpha value is -1.56. The van der Waals surface area contributed by atoms with Gasteiger partial charge in [0.2, 0.25) is 10.0 Å². The Balaban J connectivity index is 1.99. The lowest BCUT2D eigenvalue weighted by Crippen LogP contribution is -2.27. The number of H-pyrrole nitrogens is 1. The Morgan fingerprint density at radius 3 is 2.86 bits per heavy atom. The summed E-state index contributed by atoms with van der Waals surface area (Å²) in [6, 6.07) is 1.43. The molecule has 2 heterocycles. The Morgan fingerprint density at radius 1 is 1.38 bits per heavy atom. The summed E-state index contributed by atoms with van der Waals surface area (Å²) in [5.41, 5.74) is 2.27. The molecule has 0 amide bonds. The maximum Gasteiger partial charge on any atom is 0.244 e.